The van der Waals surface area contributed by atoms with Crippen LogP contribution >= 0.6 is 0 Å². The second kappa shape index (κ2) is 5.52. The minimum atomic E-state index is -0.779. The van der Waals surface area contributed by atoms with E-state index in [1.54, 1.807) is 0 Å². The number of anilines is 1. The van der Waals surface area contributed by atoms with Crippen LogP contribution in [0.4, 0.5) is 10.1 Å². The average Bonchev–Trinajstić information content (AvgIpc) is 2.95. The Morgan fingerprint density at radius 3 is 2.79 bits per heavy atom. The Hall–Kier alpha value is -1.05. The van der Waals surface area contributed by atoms with Gasteiger partial charge in [0, 0.05) is 17.8 Å². The standard InChI is InChI=1S/C17H24FN/c1-2-12-6-8-13(9-7-12)16(18)15-5-3-4-14-10-11-19-17(14)15/h3-5,12-13,16,19H,2,6-11H2,1H3. The third-order valence-electron chi connectivity index (χ3n) is 5.06. The predicted molar refractivity (Wildman–Crippen MR) is 78.2 cm³/mol. The molecule has 2 heteroatoms. The molecule has 19 heavy (non-hydrogen) atoms. The summed E-state index contributed by atoms with van der Waals surface area (Å²) in [7, 11) is 0. The highest BCUT2D eigenvalue weighted by atomic mass is 19.1. The van der Waals surface area contributed by atoms with Crippen molar-refractivity contribution in [3.8, 4) is 0 Å². The Bertz CT molecular complexity index is 435. The molecule has 1 nitrogen and oxygen atoms in total. The molecule has 0 spiro atoms. The summed E-state index contributed by atoms with van der Waals surface area (Å²) in [6.07, 6.45) is 6.06. The van der Waals surface area contributed by atoms with Gasteiger partial charge in [-0.25, -0.2) is 4.39 Å². The van der Waals surface area contributed by atoms with Crippen LogP contribution in [0.15, 0.2) is 18.2 Å². The zero-order chi connectivity index (χ0) is 13.2. The highest BCUT2D eigenvalue weighted by molar-refractivity contribution is 5.62. The van der Waals surface area contributed by atoms with E-state index in [1.165, 1.54) is 24.8 Å². The van der Waals surface area contributed by atoms with Gasteiger partial charge in [0.05, 0.1) is 0 Å². The number of hydrogen-bond acceptors (Lipinski definition) is 1. The molecule has 1 fully saturated rings. The number of benzene rings is 1. The van der Waals surface area contributed by atoms with Crippen molar-refractivity contribution in [2.45, 2.75) is 51.6 Å². The zero-order valence-electron chi connectivity index (χ0n) is 11.8. The summed E-state index contributed by atoms with van der Waals surface area (Å²) in [4.78, 5) is 0. The van der Waals surface area contributed by atoms with Gasteiger partial charge in [-0.1, -0.05) is 44.4 Å². The predicted octanol–water partition coefficient (Wildman–Crippen LogP) is 4.88. The first-order valence-corrected chi connectivity index (χ1v) is 7.79. The van der Waals surface area contributed by atoms with Crippen molar-refractivity contribution in [1.29, 1.82) is 0 Å². The normalized spacial score (nSPS) is 27.7. The number of fused-ring (bicyclic) bond motifs is 1. The fraction of sp³-hybridized carbons (Fsp3) is 0.647. The van der Waals surface area contributed by atoms with Gasteiger partial charge in [0.2, 0.25) is 0 Å². The molecule has 0 bridgehead atoms. The topological polar surface area (TPSA) is 12.0 Å². The van der Waals surface area contributed by atoms with Crippen molar-refractivity contribution in [2.75, 3.05) is 11.9 Å². The lowest BCUT2D eigenvalue weighted by Crippen LogP contribution is -2.18. The molecule has 1 N–H and O–H groups in total. The van der Waals surface area contributed by atoms with Gasteiger partial charge >= 0.3 is 0 Å². The number of halogens is 1. The first kappa shape index (κ1) is 13.0. The Morgan fingerprint density at radius 1 is 1.26 bits per heavy atom. The van der Waals surface area contributed by atoms with Crippen molar-refractivity contribution in [2.24, 2.45) is 11.8 Å². The number of alkyl halides is 1. The van der Waals surface area contributed by atoms with Crippen molar-refractivity contribution in [3.63, 3.8) is 0 Å². The maximum absolute atomic E-state index is 14.9. The maximum Gasteiger partial charge on any atom is 0.130 e. The minimum absolute atomic E-state index is 0.233. The van der Waals surface area contributed by atoms with E-state index >= 15 is 0 Å². The van der Waals surface area contributed by atoms with Gasteiger partial charge < -0.3 is 5.32 Å². The van der Waals surface area contributed by atoms with E-state index in [-0.39, 0.29) is 5.92 Å². The van der Waals surface area contributed by atoms with Crippen LogP contribution in [0.2, 0.25) is 0 Å². The van der Waals surface area contributed by atoms with Crippen LogP contribution in [-0.4, -0.2) is 6.54 Å². The summed E-state index contributed by atoms with van der Waals surface area (Å²) in [5, 5.41) is 3.37. The molecular weight excluding hydrogens is 237 g/mol. The van der Waals surface area contributed by atoms with Crippen LogP contribution in [0.1, 0.15) is 56.3 Å². The molecule has 0 radical (unpaired) electrons. The summed E-state index contributed by atoms with van der Waals surface area (Å²) >= 11 is 0. The molecule has 0 saturated heterocycles. The Balaban J connectivity index is 1.74. The lowest BCUT2D eigenvalue weighted by molar-refractivity contribution is 0.156. The molecule has 0 aromatic heterocycles. The van der Waals surface area contributed by atoms with Crippen molar-refractivity contribution in [3.05, 3.63) is 29.3 Å². The van der Waals surface area contributed by atoms with E-state index in [4.69, 9.17) is 0 Å². The molecule has 1 aromatic carbocycles. The van der Waals surface area contributed by atoms with Crippen molar-refractivity contribution >= 4 is 5.69 Å². The monoisotopic (exact) mass is 261 g/mol. The van der Waals surface area contributed by atoms with Crippen LogP contribution in [0.5, 0.6) is 0 Å². The summed E-state index contributed by atoms with van der Waals surface area (Å²) in [5.41, 5.74) is 3.30. The summed E-state index contributed by atoms with van der Waals surface area (Å²) in [6, 6.07) is 6.12. The molecule has 1 aromatic rings. The van der Waals surface area contributed by atoms with Crippen LogP contribution in [0.3, 0.4) is 0 Å². The highest BCUT2D eigenvalue weighted by Crippen LogP contribution is 2.43. The third-order valence-corrected chi connectivity index (χ3v) is 5.06. The summed E-state index contributed by atoms with van der Waals surface area (Å²) in [5.74, 6) is 1.07. The summed E-state index contributed by atoms with van der Waals surface area (Å²) < 4.78 is 14.9. The quantitative estimate of drug-likeness (QED) is 0.817. The second-order valence-corrected chi connectivity index (χ2v) is 6.15. The van der Waals surface area contributed by atoms with Gasteiger partial charge in [-0.2, -0.15) is 0 Å². The molecule has 2 aliphatic rings. The second-order valence-electron chi connectivity index (χ2n) is 6.15. The molecule has 1 atom stereocenters. The van der Waals surface area contributed by atoms with E-state index in [9.17, 15) is 4.39 Å². The van der Waals surface area contributed by atoms with Gasteiger partial charge in [-0.05, 0) is 36.7 Å². The van der Waals surface area contributed by atoms with Crippen LogP contribution in [-0.2, 0) is 6.42 Å². The maximum atomic E-state index is 14.9. The lowest BCUT2D eigenvalue weighted by Gasteiger charge is -2.30. The summed E-state index contributed by atoms with van der Waals surface area (Å²) in [6.45, 7) is 3.22. The molecule has 104 valence electrons. The minimum Gasteiger partial charge on any atom is -0.384 e. The lowest BCUT2D eigenvalue weighted by atomic mass is 9.77. The highest BCUT2D eigenvalue weighted by Gasteiger charge is 2.30. The first-order valence-electron chi connectivity index (χ1n) is 7.79. The van der Waals surface area contributed by atoms with Crippen molar-refractivity contribution in [1.82, 2.24) is 0 Å². The first-order chi connectivity index (χ1) is 9.29. The molecular formula is C17H24FN. The number of rotatable bonds is 3. The molecule has 3 rings (SSSR count). The molecule has 1 aliphatic carbocycles. The fourth-order valence-electron chi connectivity index (χ4n) is 3.74. The number of hydrogen-bond donors (Lipinski definition) is 1. The Morgan fingerprint density at radius 2 is 2.05 bits per heavy atom. The van der Waals surface area contributed by atoms with E-state index in [0.29, 0.717) is 0 Å². The molecule has 0 amide bonds. The molecule has 1 aliphatic heterocycles. The largest absolute Gasteiger partial charge is 0.384 e. The van der Waals surface area contributed by atoms with Crippen LogP contribution in [0, 0.1) is 11.8 Å². The fourth-order valence-corrected chi connectivity index (χ4v) is 3.74. The van der Waals surface area contributed by atoms with E-state index < -0.39 is 6.17 Å². The smallest absolute Gasteiger partial charge is 0.130 e. The van der Waals surface area contributed by atoms with Gasteiger partial charge in [-0.3, -0.25) is 0 Å². The molecule has 1 heterocycles. The number of nitrogens with one attached hydrogen (secondary N) is 1. The zero-order valence-corrected chi connectivity index (χ0v) is 11.8. The Labute approximate surface area is 115 Å². The average molecular weight is 261 g/mol. The van der Waals surface area contributed by atoms with E-state index in [2.05, 4.69) is 18.3 Å². The molecule has 1 unspecified atom stereocenters. The number of para-hydroxylation sites is 1. The van der Waals surface area contributed by atoms with Crippen molar-refractivity contribution < 1.29 is 4.39 Å². The SMILES string of the molecule is CCC1CCC(C(F)c2cccc3c2NCC3)CC1. The van der Waals surface area contributed by atoms with E-state index in [0.717, 1.165) is 43.0 Å². The third kappa shape index (κ3) is 2.50. The van der Waals surface area contributed by atoms with Gasteiger partial charge in [0.15, 0.2) is 0 Å². The van der Waals surface area contributed by atoms with E-state index in [1.807, 2.05) is 12.1 Å². The molecule has 1 saturated carbocycles. The van der Waals surface area contributed by atoms with Gasteiger partial charge in [0.25, 0.3) is 0 Å². The van der Waals surface area contributed by atoms with Gasteiger partial charge in [0.1, 0.15) is 6.17 Å². The van der Waals surface area contributed by atoms with Crippen LogP contribution < -0.4 is 5.32 Å². The van der Waals surface area contributed by atoms with Crippen LogP contribution in [0.25, 0.3) is 0 Å². The Kier molecular flexibility index (Phi) is 3.76. The van der Waals surface area contributed by atoms with Gasteiger partial charge in [-0.15, -0.1) is 0 Å².